The van der Waals surface area contributed by atoms with Gasteiger partial charge >= 0.3 is 0 Å². The van der Waals surface area contributed by atoms with E-state index in [4.69, 9.17) is 11.1 Å². The second kappa shape index (κ2) is 5.09. The van der Waals surface area contributed by atoms with Gasteiger partial charge in [-0.3, -0.25) is 10.3 Å². The maximum absolute atomic E-state index is 7.74. The van der Waals surface area contributed by atoms with Crippen molar-refractivity contribution in [2.24, 2.45) is 5.73 Å². The van der Waals surface area contributed by atoms with Crippen LogP contribution in [0, 0.1) is 5.41 Å². The summed E-state index contributed by atoms with van der Waals surface area (Å²) in [5.74, 6) is 0.230. The van der Waals surface area contributed by atoms with Gasteiger partial charge in [-0.2, -0.15) is 0 Å². The molecule has 1 fully saturated rings. The highest BCUT2D eigenvalue weighted by atomic mass is 15.2. The molecule has 1 aliphatic rings. The quantitative estimate of drug-likeness (QED) is 0.513. The fourth-order valence-electron chi connectivity index (χ4n) is 2.16. The molecule has 0 spiro atoms. The lowest BCUT2D eigenvalue weighted by Gasteiger charge is -2.34. The van der Waals surface area contributed by atoms with Crippen molar-refractivity contribution in [1.82, 2.24) is 10.2 Å². The number of nitrogens with zero attached hydrogens (tertiary/aromatic N) is 1. The van der Waals surface area contributed by atoms with Crippen LogP contribution >= 0.6 is 0 Å². The Balaban J connectivity index is 2.20. The molecule has 4 nitrogen and oxygen atoms in total. The second-order valence-corrected chi connectivity index (χ2v) is 4.05. The minimum absolute atomic E-state index is 0.0664. The van der Waals surface area contributed by atoms with Gasteiger partial charge in [0, 0.05) is 26.2 Å². The van der Waals surface area contributed by atoms with Crippen molar-refractivity contribution in [1.29, 1.82) is 5.41 Å². The Morgan fingerprint density at radius 3 is 2.44 bits per heavy atom. The highest BCUT2D eigenvalue weighted by Gasteiger charge is 2.24. The Bertz CT molecular complexity index is 343. The van der Waals surface area contributed by atoms with E-state index < -0.39 is 0 Å². The van der Waals surface area contributed by atoms with Crippen molar-refractivity contribution in [2.45, 2.75) is 6.04 Å². The van der Waals surface area contributed by atoms with Gasteiger partial charge in [-0.15, -0.1) is 0 Å². The third-order valence-corrected chi connectivity index (χ3v) is 2.93. The first-order valence-electron chi connectivity index (χ1n) is 5.62. The number of hydrogen-bond donors (Lipinski definition) is 3. The van der Waals surface area contributed by atoms with Gasteiger partial charge in [0.2, 0.25) is 0 Å². The molecular weight excluding hydrogens is 200 g/mol. The molecular formula is C12H18N4. The fraction of sp³-hybridized carbons (Fsp3) is 0.417. The Kier molecular flexibility index (Phi) is 3.54. The van der Waals surface area contributed by atoms with Crippen molar-refractivity contribution in [3.8, 4) is 0 Å². The van der Waals surface area contributed by atoms with Crippen LogP contribution < -0.4 is 11.1 Å². The van der Waals surface area contributed by atoms with Crippen molar-refractivity contribution in [3.63, 3.8) is 0 Å². The summed E-state index contributed by atoms with van der Waals surface area (Å²) in [5, 5.41) is 11.0. The number of hydrogen-bond acceptors (Lipinski definition) is 3. The molecule has 0 aromatic heterocycles. The zero-order valence-corrected chi connectivity index (χ0v) is 9.32. The molecule has 0 saturated carbocycles. The minimum Gasteiger partial charge on any atom is -0.386 e. The molecule has 1 atom stereocenters. The summed E-state index contributed by atoms with van der Waals surface area (Å²) in [7, 11) is 0. The smallest absolute Gasteiger partial charge is 0.113 e. The van der Waals surface area contributed by atoms with E-state index >= 15 is 0 Å². The summed E-state index contributed by atoms with van der Waals surface area (Å²) >= 11 is 0. The standard InChI is InChI=1S/C12H18N4/c13-12(14)11(10-4-2-1-3-5-10)16-8-6-15-7-9-16/h1-5,11,15H,6-9H2,(H3,13,14). The number of piperazine rings is 1. The van der Waals surface area contributed by atoms with Gasteiger partial charge in [0.1, 0.15) is 5.84 Å². The van der Waals surface area contributed by atoms with Crippen LogP contribution in [0.5, 0.6) is 0 Å². The number of rotatable bonds is 3. The molecule has 1 aromatic rings. The Morgan fingerprint density at radius 1 is 1.25 bits per heavy atom. The third kappa shape index (κ3) is 2.40. The van der Waals surface area contributed by atoms with Crippen LogP contribution in [0.25, 0.3) is 0 Å². The summed E-state index contributed by atoms with van der Waals surface area (Å²) < 4.78 is 0. The summed E-state index contributed by atoms with van der Waals surface area (Å²) in [5.41, 5.74) is 6.83. The molecule has 2 rings (SSSR count). The van der Waals surface area contributed by atoms with E-state index in [1.165, 1.54) is 0 Å². The number of amidine groups is 1. The van der Waals surface area contributed by atoms with Crippen LogP contribution in [0.4, 0.5) is 0 Å². The third-order valence-electron chi connectivity index (χ3n) is 2.93. The lowest BCUT2D eigenvalue weighted by atomic mass is 10.0. The molecule has 16 heavy (non-hydrogen) atoms. The van der Waals surface area contributed by atoms with Crippen molar-refractivity contribution in [2.75, 3.05) is 26.2 Å². The summed E-state index contributed by atoms with van der Waals surface area (Å²) in [6.07, 6.45) is 0. The van der Waals surface area contributed by atoms with Crippen molar-refractivity contribution < 1.29 is 0 Å². The maximum Gasteiger partial charge on any atom is 0.113 e. The molecule has 1 aromatic carbocycles. The van der Waals surface area contributed by atoms with Crippen LogP contribution in [-0.2, 0) is 0 Å². The number of benzene rings is 1. The van der Waals surface area contributed by atoms with E-state index in [1.54, 1.807) is 0 Å². The van der Waals surface area contributed by atoms with Gasteiger partial charge in [0.05, 0.1) is 6.04 Å². The highest BCUT2D eigenvalue weighted by Crippen LogP contribution is 2.20. The van der Waals surface area contributed by atoms with E-state index in [0.717, 1.165) is 31.7 Å². The topological polar surface area (TPSA) is 65.1 Å². The number of nitrogens with one attached hydrogen (secondary N) is 2. The first-order chi connectivity index (χ1) is 7.79. The van der Waals surface area contributed by atoms with Gasteiger partial charge in [-0.1, -0.05) is 30.3 Å². The van der Waals surface area contributed by atoms with Crippen molar-refractivity contribution >= 4 is 5.84 Å². The molecule has 4 heteroatoms. The summed E-state index contributed by atoms with van der Waals surface area (Å²) in [6, 6.07) is 9.98. The lowest BCUT2D eigenvalue weighted by Crippen LogP contribution is -2.48. The maximum atomic E-state index is 7.74. The van der Waals surface area contributed by atoms with Gasteiger partial charge < -0.3 is 11.1 Å². The van der Waals surface area contributed by atoms with Crippen molar-refractivity contribution in [3.05, 3.63) is 35.9 Å². The second-order valence-electron chi connectivity index (χ2n) is 4.05. The summed E-state index contributed by atoms with van der Waals surface area (Å²) in [4.78, 5) is 2.26. The molecule has 1 unspecified atom stereocenters. The predicted octanol–water partition coefficient (Wildman–Crippen LogP) is 0.569. The zero-order valence-electron chi connectivity index (χ0n) is 9.32. The van der Waals surface area contributed by atoms with E-state index in [0.29, 0.717) is 0 Å². The molecule has 4 N–H and O–H groups in total. The lowest BCUT2D eigenvalue weighted by molar-refractivity contribution is 0.213. The van der Waals surface area contributed by atoms with Gasteiger partial charge in [-0.05, 0) is 5.56 Å². The predicted molar refractivity (Wildman–Crippen MR) is 65.5 cm³/mol. The van der Waals surface area contributed by atoms with E-state index in [1.807, 2.05) is 30.3 Å². The molecule has 0 bridgehead atoms. The van der Waals surface area contributed by atoms with Crippen LogP contribution in [0.3, 0.4) is 0 Å². The largest absolute Gasteiger partial charge is 0.386 e. The van der Waals surface area contributed by atoms with E-state index in [9.17, 15) is 0 Å². The Morgan fingerprint density at radius 2 is 1.88 bits per heavy atom. The molecule has 1 aliphatic heterocycles. The van der Waals surface area contributed by atoms with Crippen LogP contribution in [0.2, 0.25) is 0 Å². The van der Waals surface area contributed by atoms with Gasteiger partial charge in [-0.25, -0.2) is 0 Å². The van der Waals surface area contributed by atoms with E-state index in [2.05, 4.69) is 10.2 Å². The SMILES string of the molecule is N=C(N)C(c1ccccc1)N1CCNCC1. The minimum atomic E-state index is -0.0664. The van der Waals surface area contributed by atoms with Crippen LogP contribution in [0.15, 0.2) is 30.3 Å². The number of nitrogens with two attached hydrogens (primary N) is 1. The van der Waals surface area contributed by atoms with E-state index in [-0.39, 0.29) is 11.9 Å². The molecule has 86 valence electrons. The Labute approximate surface area is 96.0 Å². The average molecular weight is 218 g/mol. The fourth-order valence-corrected chi connectivity index (χ4v) is 2.16. The van der Waals surface area contributed by atoms with Gasteiger partial charge in [0.25, 0.3) is 0 Å². The van der Waals surface area contributed by atoms with Crippen LogP contribution in [0.1, 0.15) is 11.6 Å². The molecule has 0 radical (unpaired) electrons. The average Bonchev–Trinajstić information content (AvgIpc) is 2.31. The molecule has 1 saturated heterocycles. The first kappa shape index (κ1) is 11.1. The first-order valence-corrected chi connectivity index (χ1v) is 5.62. The highest BCUT2D eigenvalue weighted by molar-refractivity contribution is 5.84. The molecule has 1 heterocycles. The normalized spacial score (nSPS) is 19.2. The van der Waals surface area contributed by atoms with Crippen LogP contribution in [-0.4, -0.2) is 36.9 Å². The zero-order chi connectivity index (χ0) is 11.4. The summed E-state index contributed by atoms with van der Waals surface area (Å²) in [6.45, 7) is 3.82. The molecule has 0 amide bonds. The Hall–Kier alpha value is -1.39. The molecule has 0 aliphatic carbocycles. The van der Waals surface area contributed by atoms with Gasteiger partial charge in [0.15, 0.2) is 0 Å². The monoisotopic (exact) mass is 218 g/mol.